The van der Waals surface area contributed by atoms with Gasteiger partial charge in [0.2, 0.25) is 0 Å². The fourth-order valence-electron chi connectivity index (χ4n) is 2.62. The average molecular weight is 300 g/mol. The monoisotopic (exact) mass is 300 g/mol. The molecule has 1 aromatic heterocycles. The Kier molecular flexibility index (Phi) is 5.17. The van der Waals surface area contributed by atoms with Crippen molar-refractivity contribution in [2.24, 2.45) is 0 Å². The molecule has 1 atom stereocenters. The zero-order valence-electron chi connectivity index (χ0n) is 12.2. The molecule has 114 valence electrons. The predicted molar refractivity (Wildman–Crippen MR) is 78.6 cm³/mol. The summed E-state index contributed by atoms with van der Waals surface area (Å²) in [6, 6.07) is 0.109. The van der Waals surface area contributed by atoms with Gasteiger partial charge < -0.3 is 0 Å². The Labute approximate surface area is 121 Å². The topological polar surface area (TPSA) is 78.1 Å². The molecule has 20 heavy (non-hydrogen) atoms. The zero-order valence-corrected chi connectivity index (χ0v) is 13.0. The number of hydrogen-bond donors (Lipinski definition) is 2. The maximum atomic E-state index is 12.2. The number of aromatic nitrogens is 2. The molecular formula is C13H24N4O2S. The van der Waals surface area contributed by atoms with Crippen molar-refractivity contribution in [2.75, 3.05) is 13.1 Å². The number of aryl methyl sites for hydroxylation is 2. The first kappa shape index (κ1) is 15.5. The third-order valence-corrected chi connectivity index (χ3v) is 5.62. The highest BCUT2D eigenvalue weighted by molar-refractivity contribution is 7.87. The standard InChI is InChI=1S/C13H24N4O2S/c1-11-6-3-4-9-17(11)20(18,19)15-8-5-7-13-10-14-16-12(13)2/h10-11,15H,3-9H2,1-2H3,(H,14,16). The Morgan fingerprint density at radius 1 is 1.50 bits per heavy atom. The van der Waals surface area contributed by atoms with Crippen LogP contribution in [-0.4, -0.2) is 42.1 Å². The average Bonchev–Trinajstić information content (AvgIpc) is 2.81. The van der Waals surface area contributed by atoms with E-state index in [1.807, 2.05) is 13.8 Å². The van der Waals surface area contributed by atoms with Crippen molar-refractivity contribution in [3.63, 3.8) is 0 Å². The maximum Gasteiger partial charge on any atom is 0.279 e. The van der Waals surface area contributed by atoms with Gasteiger partial charge in [-0.2, -0.15) is 17.8 Å². The minimum absolute atomic E-state index is 0.109. The molecule has 0 bridgehead atoms. The number of rotatable bonds is 6. The van der Waals surface area contributed by atoms with Gasteiger partial charge in [-0.25, -0.2) is 4.72 Å². The largest absolute Gasteiger partial charge is 0.283 e. The van der Waals surface area contributed by atoms with Gasteiger partial charge in [0.25, 0.3) is 10.2 Å². The summed E-state index contributed by atoms with van der Waals surface area (Å²) in [6.07, 6.45) is 6.44. The Balaban J connectivity index is 1.79. The lowest BCUT2D eigenvalue weighted by molar-refractivity contribution is 0.265. The van der Waals surface area contributed by atoms with Crippen molar-refractivity contribution in [1.82, 2.24) is 19.2 Å². The Bertz CT molecular complexity index is 526. The van der Waals surface area contributed by atoms with Crippen molar-refractivity contribution >= 4 is 10.2 Å². The van der Waals surface area contributed by atoms with Crippen molar-refractivity contribution in [3.05, 3.63) is 17.5 Å². The van der Waals surface area contributed by atoms with Gasteiger partial charge in [-0.15, -0.1) is 0 Å². The van der Waals surface area contributed by atoms with E-state index in [9.17, 15) is 8.42 Å². The Morgan fingerprint density at radius 2 is 2.30 bits per heavy atom. The summed E-state index contributed by atoms with van der Waals surface area (Å²) < 4.78 is 28.7. The third-order valence-electron chi connectivity index (χ3n) is 3.89. The molecule has 1 fully saturated rings. The lowest BCUT2D eigenvalue weighted by Gasteiger charge is -2.32. The SMILES string of the molecule is Cc1[nH]ncc1CCCNS(=O)(=O)N1CCCCC1C. The van der Waals surface area contributed by atoms with E-state index in [-0.39, 0.29) is 6.04 Å². The summed E-state index contributed by atoms with van der Waals surface area (Å²) in [6.45, 7) is 5.06. The summed E-state index contributed by atoms with van der Waals surface area (Å²) in [5.41, 5.74) is 2.20. The summed E-state index contributed by atoms with van der Waals surface area (Å²) in [5.74, 6) is 0. The van der Waals surface area contributed by atoms with Crippen LogP contribution >= 0.6 is 0 Å². The summed E-state index contributed by atoms with van der Waals surface area (Å²) in [7, 11) is -3.32. The Morgan fingerprint density at radius 3 is 2.95 bits per heavy atom. The molecule has 1 aliphatic rings. The van der Waals surface area contributed by atoms with E-state index in [2.05, 4.69) is 14.9 Å². The van der Waals surface area contributed by atoms with Crippen LogP contribution in [0.5, 0.6) is 0 Å². The first-order valence-electron chi connectivity index (χ1n) is 7.26. The van der Waals surface area contributed by atoms with Gasteiger partial charge in [-0.3, -0.25) is 5.10 Å². The molecule has 1 aromatic rings. The summed E-state index contributed by atoms with van der Waals surface area (Å²) in [5, 5.41) is 6.85. The first-order valence-corrected chi connectivity index (χ1v) is 8.70. The number of aromatic amines is 1. The lowest BCUT2D eigenvalue weighted by Crippen LogP contribution is -2.48. The number of piperidine rings is 1. The normalized spacial score (nSPS) is 21.2. The van der Waals surface area contributed by atoms with Crippen LogP contribution in [0.2, 0.25) is 0 Å². The smallest absolute Gasteiger partial charge is 0.279 e. The van der Waals surface area contributed by atoms with E-state index in [0.717, 1.165) is 43.4 Å². The fourth-order valence-corrected chi connectivity index (χ4v) is 4.14. The molecule has 0 radical (unpaired) electrons. The minimum Gasteiger partial charge on any atom is -0.283 e. The second-order valence-electron chi connectivity index (χ2n) is 5.48. The molecule has 1 aliphatic heterocycles. The predicted octanol–water partition coefficient (Wildman–Crippen LogP) is 1.36. The highest BCUT2D eigenvalue weighted by Crippen LogP contribution is 2.19. The van der Waals surface area contributed by atoms with Gasteiger partial charge in [-0.1, -0.05) is 6.42 Å². The molecule has 0 aromatic carbocycles. The number of hydrogen-bond acceptors (Lipinski definition) is 3. The van der Waals surface area contributed by atoms with E-state index in [4.69, 9.17) is 0 Å². The van der Waals surface area contributed by atoms with Crippen LogP contribution in [0.25, 0.3) is 0 Å². The van der Waals surface area contributed by atoms with E-state index in [1.165, 1.54) is 0 Å². The minimum atomic E-state index is -3.32. The fraction of sp³-hybridized carbons (Fsp3) is 0.769. The van der Waals surface area contributed by atoms with E-state index >= 15 is 0 Å². The van der Waals surface area contributed by atoms with Crippen LogP contribution < -0.4 is 4.72 Å². The molecule has 2 rings (SSSR count). The molecule has 6 nitrogen and oxygen atoms in total. The molecule has 0 spiro atoms. The highest BCUT2D eigenvalue weighted by atomic mass is 32.2. The second-order valence-corrected chi connectivity index (χ2v) is 7.19. The van der Waals surface area contributed by atoms with Crippen molar-refractivity contribution in [1.29, 1.82) is 0 Å². The van der Waals surface area contributed by atoms with E-state index in [0.29, 0.717) is 13.1 Å². The van der Waals surface area contributed by atoms with Gasteiger partial charge in [0.15, 0.2) is 0 Å². The van der Waals surface area contributed by atoms with E-state index < -0.39 is 10.2 Å². The van der Waals surface area contributed by atoms with Crippen molar-refractivity contribution < 1.29 is 8.42 Å². The molecule has 2 heterocycles. The molecule has 2 N–H and O–H groups in total. The molecule has 0 saturated carbocycles. The third kappa shape index (κ3) is 3.80. The van der Waals surface area contributed by atoms with Crippen LogP contribution in [0.3, 0.4) is 0 Å². The van der Waals surface area contributed by atoms with Crippen LogP contribution in [0.1, 0.15) is 43.9 Å². The van der Waals surface area contributed by atoms with Gasteiger partial charge in [0.1, 0.15) is 0 Å². The Hall–Kier alpha value is -0.920. The van der Waals surface area contributed by atoms with Gasteiger partial charge >= 0.3 is 0 Å². The van der Waals surface area contributed by atoms with Crippen molar-refractivity contribution in [2.45, 2.75) is 52.0 Å². The van der Waals surface area contributed by atoms with Crippen LogP contribution in [0.15, 0.2) is 6.20 Å². The number of nitrogens with one attached hydrogen (secondary N) is 2. The van der Waals surface area contributed by atoms with Gasteiger partial charge in [-0.05, 0) is 45.1 Å². The molecule has 1 saturated heterocycles. The van der Waals surface area contributed by atoms with Crippen LogP contribution in [0, 0.1) is 6.92 Å². The van der Waals surface area contributed by atoms with Crippen LogP contribution in [0.4, 0.5) is 0 Å². The molecule has 0 amide bonds. The summed E-state index contributed by atoms with van der Waals surface area (Å²) in [4.78, 5) is 0. The quantitative estimate of drug-likeness (QED) is 0.779. The molecule has 0 aliphatic carbocycles. The number of H-pyrrole nitrogens is 1. The highest BCUT2D eigenvalue weighted by Gasteiger charge is 2.28. The second kappa shape index (κ2) is 6.69. The van der Waals surface area contributed by atoms with Gasteiger partial charge in [0, 0.05) is 24.8 Å². The maximum absolute atomic E-state index is 12.2. The van der Waals surface area contributed by atoms with Crippen LogP contribution in [-0.2, 0) is 16.6 Å². The van der Waals surface area contributed by atoms with Crippen molar-refractivity contribution in [3.8, 4) is 0 Å². The number of nitrogens with zero attached hydrogens (tertiary/aromatic N) is 2. The molecule has 7 heteroatoms. The molecule has 1 unspecified atom stereocenters. The van der Waals surface area contributed by atoms with Gasteiger partial charge in [0.05, 0.1) is 6.20 Å². The lowest BCUT2D eigenvalue weighted by atomic mass is 10.1. The molecular weight excluding hydrogens is 276 g/mol. The first-order chi connectivity index (χ1) is 9.50. The zero-order chi connectivity index (χ0) is 14.6. The van der Waals surface area contributed by atoms with E-state index in [1.54, 1.807) is 10.5 Å². The summed E-state index contributed by atoms with van der Waals surface area (Å²) >= 11 is 0.